The molecular formula is C7H16N2OS. The van der Waals surface area contributed by atoms with Gasteiger partial charge in [-0.1, -0.05) is 0 Å². The number of amides is 1. The number of carbonyl (C=O) groups excluding carboxylic acids is 1. The predicted molar refractivity (Wildman–Crippen MR) is 49.9 cm³/mol. The summed E-state index contributed by atoms with van der Waals surface area (Å²) in [5.74, 6) is 1.13. The standard InChI is InChI=1S/C7H16N2OS/c1-3-9-7(10)6-8-4-5-11-2/h8H,3-6H2,1-2H3,(H,9,10). The molecule has 0 saturated heterocycles. The number of likely N-dealkylation sites (N-methyl/N-ethyl adjacent to an activating group) is 1. The zero-order chi connectivity index (χ0) is 8.53. The number of nitrogens with one attached hydrogen (secondary N) is 2. The minimum absolute atomic E-state index is 0.0774. The van der Waals surface area contributed by atoms with Crippen LogP contribution in [0.25, 0.3) is 0 Å². The van der Waals surface area contributed by atoms with Crippen molar-refractivity contribution in [3.63, 3.8) is 0 Å². The van der Waals surface area contributed by atoms with Crippen molar-refractivity contribution in [1.29, 1.82) is 0 Å². The summed E-state index contributed by atoms with van der Waals surface area (Å²) in [4.78, 5) is 10.8. The summed E-state index contributed by atoms with van der Waals surface area (Å²) in [6, 6.07) is 0. The highest BCUT2D eigenvalue weighted by atomic mass is 32.2. The van der Waals surface area contributed by atoms with Gasteiger partial charge in [-0.15, -0.1) is 0 Å². The van der Waals surface area contributed by atoms with Crippen molar-refractivity contribution in [3.8, 4) is 0 Å². The third-order valence-corrected chi connectivity index (χ3v) is 1.75. The molecule has 0 spiro atoms. The maximum Gasteiger partial charge on any atom is 0.233 e. The third-order valence-electron chi connectivity index (χ3n) is 1.14. The van der Waals surface area contributed by atoms with E-state index in [0.29, 0.717) is 13.1 Å². The summed E-state index contributed by atoms with van der Waals surface area (Å²) in [6.45, 7) is 3.97. The van der Waals surface area contributed by atoms with Crippen LogP contribution in [-0.2, 0) is 4.79 Å². The molecule has 0 aliphatic rings. The Morgan fingerprint density at radius 2 is 2.27 bits per heavy atom. The maximum atomic E-state index is 10.8. The average Bonchev–Trinajstić information content (AvgIpc) is 1.99. The van der Waals surface area contributed by atoms with Gasteiger partial charge in [-0.2, -0.15) is 11.8 Å². The second kappa shape index (κ2) is 7.88. The Hall–Kier alpha value is -0.220. The molecule has 0 aliphatic carbocycles. The van der Waals surface area contributed by atoms with Crippen molar-refractivity contribution in [2.24, 2.45) is 0 Å². The largest absolute Gasteiger partial charge is 0.355 e. The monoisotopic (exact) mass is 176 g/mol. The SMILES string of the molecule is CCNC(=O)CNCCSC. The highest BCUT2D eigenvalue weighted by Gasteiger charge is 1.95. The molecule has 0 aromatic heterocycles. The molecule has 1 amide bonds. The first-order valence-electron chi connectivity index (χ1n) is 3.77. The fraction of sp³-hybridized carbons (Fsp3) is 0.857. The van der Waals surface area contributed by atoms with Gasteiger partial charge in [0.25, 0.3) is 0 Å². The topological polar surface area (TPSA) is 41.1 Å². The van der Waals surface area contributed by atoms with E-state index in [-0.39, 0.29) is 5.91 Å². The van der Waals surface area contributed by atoms with Gasteiger partial charge in [0.1, 0.15) is 0 Å². The molecular weight excluding hydrogens is 160 g/mol. The maximum absolute atomic E-state index is 10.8. The molecule has 0 rings (SSSR count). The summed E-state index contributed by atoms with van der Waals surface area (Å²) < 4.78 is 0. The first-order valence-corrected chi connectivity index (χ1v) is 5.17. The Morgan fingerprint density at radius 1 is 1.55 bits per heavy atom. The Balaban J connectivity index is 3.04. The van der Waals surface area contributed by atoms with Crippen LogP contribution in [0.15, 0.2) is 0 Å². The van der Waals surface area contributed by atoms with Crippen molar-refractivity contribution in [2.45, 2.75) is 6.92 Å². The van der Waals surface area contributed by atoms with Crippen LogP contribution >= 0.6 is 11.8 Å². The minimum atomic E-state index is 0.0774. The van der Waals surface area contributed by atoms with Crippen LogP contribution in [0.5, 0.6) is 0 Å². The van der Waals surface area contributed by atoms with Gasteiger partial charge >= 0.3 is 0 Å². The van der Waals surface area contributed by atoms with Crippen LogP contribution in [0.1, 0.15) is 6.92 Å². The number of hydrogen-bond donors (Lipinski definition) is 2. The lowest BCUT2D eigenvalue weighted by molar-refractivity contribution is -0.120. The second-order valence-corrected chi connectivity index (χ2v) is 3.11. The molecule has 0 unspecified atom stereocenters. The number of hydrogen-bond acceptors (Lipinski definition) is 3. The van der Waals surface area contributed by atoms with Crippen molar-refractivity contribution in [1.82, 2.24) is 10.6 Å². The van der Waals surface area contributed by atoms with E-state index >= 15 is 0 Å². The van der Waals surface area contributed by atoms with E-state index in [4.69, 9.17) is 0 Å². The molecule has 11 heavy (non-hydrogen) atoms. The van der Waals surface area contributed by atoms with Gasteiger partial charge in [-0.3, -0.25) is 4.79 Å². The zero-order valence-corrected chi connectivity index (χ0v) is 7.96. The molecule has 0 aliphatic heterocycles. The molecule has 3 nitrogen and oxygen atoms in total. The van der Waals surface area contributed by atoms with Crippen LogP contribution < -0.4 is 10.6 Å². The lowest BCUT2D eigenvalue weighted by Gasteiger charge is -2.02. The van der Waals surface area contributed by atoms with Crippen LogP contribution in [0.2, 0.25) is 0 Å². The van der Waals surface area contributed by atoms with Gasteiger partial charge < -0.3 is 10.6 Å². The summed E-state index contributed by atoms with van der Waals surface area (Å²) in [5.41, 5.74) is 0. The minimum Gasteiger partial charge on any atom is -0.355 e. The zero-order valence-electron chi connectivity index (χ0n) is 7.14. The molecule has 0 aromatic carbocycles. The molecule has 0 aromatic rings. The van der Waals surface area contributed by atoms with Crippen LogP contribution in [-0.4, -0.2) is 37.6 Å². The van der Waals surface area contributed by atoms with E-state index in [1.54, 1.807) is 11.8 Å². The fourth-order valence-electron chi connectivity index (χ4n) is 0.636. The molecule has 2 N–H and O–H groups in total. The van der Waals surface area contributed by atoms with E-state index in [2.05, 4.69) is 10.6 Å². The van der Waals surface area contributed by atoms with Gasteiger partial charge in [0.05, 0.1) is 6.54 Å². The number of thioether (sulfide) groups is 1. The Morgan fingerprint density at radius 3 is 2.82 bits per heavy atom. The average molecular weight is 176 g/mol. The highest BCUT2D eigenvalue weighted by molar-refractivity contribution is 7.98. The molecule has 0 saturated carbocycles. The van der Waals surface area contributed by atoms with Gasteiger partial charge in [0, 0.05) is 18.8 Å². The van der Waals surface area contributed by atoms with E-state index in [0.717, 1.165) is 12.3 Å². The second-order valence-electron chi connectivity index (χ2n) is 2.12. The molecule has 4 heteroatoms. The molecule has 0 radical (unpaired) electrons. The van der Waals surface area contributed by atoms with Gasteiger partial charge in [-0.25, -0.2) is 0 Å². The van der Waals surface area contributed by atoms with Crippen LogP contribution in [0.4, 0.5) is 0 Å². The molecule has 0 heterocycles. The van der Waals surface area contributed by atoms with Crippen LogP contribution in [0.3, 0.4) is 0 Å². The summed E-state index contributed by atoms with van der Waals surface area (Å²) in [5, 5.41) is 5.75. The van der Waals surface area contributed by atoms with Crippen molar-refractivity contribution in [3.05, 3.63) is 0 Å². The third kappa shape index (κ3) is 7.68. The van der Waals surface area contributed by atoms with Gasteiger partial charge in [0.15, 0.2) is 0 Å². The Kier molecular flexibility index (Phi) is 7.72. The number of rotatable bonds is 6. The normalized spacial score (nSPS) is 9.64. The predicted octanol–water partition coefficient (Wildman–Crippen LogP) is 0.0751. The first kappa shape index (κ1) is 10.8. The number of carbonyl (C=O) groups is 1. The molecule has 0 atom stereocenters. The summed E-state index contributed by atoms with van der Waals surface area (Å²) in [7, 11) is 0. The van der Waals surface area contributed by atoms with Gasteiger partial charge in [0.2, 0.25) is 5.91 Å². The fourth-order valence-corrected chi connectivity index (χ4v) is 0.984. The highest BCUT2D eigenvalue weighted by Crippen LogP contribution is 1.86. The molecule has 0 fully saturated rings. The van der Waals surface area contributed by atoms with Crippen LogP contribution in [0, 0.1) is 0 Å². The Labute approximate surface area is 72.3 Å². The van der Waals surface area contributed by atoms with E-state index in [9.17, 15) is 4.79 Å². The molecule has 66 valence electrons. The van der Waals surface area contributed by atoms with Gasteiger partial charge in [-0.05, 0) is 13.2 Å². The van der Waals surface area contributed by atoms with E-state index in [1.165, 1.54) is 0 Å². The lowest BCUT2D eigenvalue weighted by Crippen LogP contribution is -2.34. The lowest BCUT2D eigenvalue weighted by atomic mass is 10.5. The smallest absolute Gasteiger partial charge is 0.233 e. The van der Waals surface area contributed by atoms with Crippen molar-refractivity contribution < 1.29 is 4.79 Å². The van der Waals surface area contributed by atoms with E-state index in [1.807, 2.05) is 13.2 Å². The summed E-state index contributed by atoms with van der Waals surface area (Å²) in [6.07, 6.45) is 2.05. The van der Waals surface area contributed by atoms with E-state index < -0.39 is 0 Å². The molecule has 0 bridgehead atoms. The Bertz CT molecular complexity index is 109. The summed E-state index contributed by atoms with van der Waals surface area (Å²) >= 11 is 1.77. The quantitative estimate of drug-likeness (QED) is 0.563. The van der Waals surface area contributed by atoms with Crippen molar-refractivity contribution in [2.75, 3.05) is 31.6 Å². The first-order chi connectivity index (χ1) is 5.31. The van der Waals surface area contributed by atoms with Crippen molar-refractivity contribution >= 4 is 17.7 Å².